The Balaban J connectivity index is 2.50. The van der Waals surface area contributed by atoms with Crippen molar-refractivity contribution in [1.29, 1.82) is 0 Å². The van der Waals surface area contributed by atoms with Gasteiger partial charge in [0.1, 0.15) is 0 Å². The Bertz CT molecular complexity index is 437. The number of aromatic nitrogens is 2. The van der Waals surface area contributed by atoms with Gasteiger partial charge in [-0.1, -0.05) is 11.6 Å². The highest BCUT2D eigenvalue weighted by atomic mass is 35.5. The molecule has 14 heavy (non-hydrogen) atoms. The van der Waals surface area contributed by atoms with Crippen molar-refractivity contribution < 1.29 is 0 Å². The molecule has 0 aliphatic rings. The van der Waals surface area contributed by atoms with Crippen molar-refractivity contribution in [2.24, 2.45) is 0 Å². The van der Waals surface area contributed by atoms with E-state index in [0.29, 0.717) is 5.02 Å². The lowest BCUT2D eigenvalue weighted by molar-refractivity contribution is 1.19. The molecule has 70 valence electrons. The summed E-state index contributed by atoms with van der Waals surface area (Å²) in [5.74, 6) is 0. The van der Waals surface area contributed by atoms with Crippen LogP contribution in [0.3, 0.4) is 0 Å². The van der Waals surface area contributed by atoms with Gasteiger partial charge in [0.15, 0.2) is 0 Å². The van der Waals surface area contributed by atoms with E-state index in [9.17, 15) is 0 Å². The lowest BCUT2D eigenvalue weighted by Gasteiger charge is -2.02. The number of nitrogens with zero attached hydrogens (tertiary/aromatic N) is 2. The van der Waals surface area contributed by atoms with Crippen LogP contribution >= 0.6 is 11.6 Å². The van der Waals surface area contributed by atoms with E-state index in [1.807, 2.05) is 31.2 Å². The van der Waals surface area contributed by atoms with Crippen molar-refractivity contribution in [2.45, 2.75) is 6.92 Å². The smallest absolute Gasteiger partial charge is 0.0903 e. The summed E-state index contributed by atoms with van der Waals surface area (Å²) in [5, 5.41) is 0.651. The van der Waals surface area contributed by atoms with Crippen LogP contribution in [0.5, 0.6) is 0 Å². The maximum Gasteiger partial charge on any atom is 0.0903 e. The lowest BCUT2D eigenvalue weighted by atomic mass is 10.2. The zero-order valence-corrected chi connectivity index (χ0v) is 8.49. The molecule has 2 aromatic heterocycles. The largest absolute Gasteiger partial charge is 0.261 e. The van der Waals surface area contributed by atoms with Crippen molar-refractivity contribution in [1.82, 2.24) is 9.97 Å². The fraction of sp³-hybridized carbons (Fsp3) is 0.0909. The van der Waals surface area contributed by atoms with E-state index in [1.165, 1.54) is 0 Å². The first kappa shape index (κ1) is 9.16. The van der Waals surface area contributed by atoms with E-state index in [1.54, 1.807) is 12.4 Å². The molecule has 0 saturated carbocycles. The highest BCUT2D eigenvalue weighted by molar-refractivity contribution is 6.32. The Hall–Kier alpha value is -1.41. The summed E-state index contributed by atoms with van der Waals surface area (Å²) in [6.07, 6.45) is 3.50. The average molecular weight is 205 g/mol. The number of halogens is 1. The molecule has 0 aromatic carbocycles. The first-order chi connectivity index (χ1) is 6.77. The number of hydrogen-bond acceptors (Lipinski definition) is 2. The molecule has 0 N–H and O–H groups in total. The third-order valence-electron chi connectivity index (χ3n) is 1.94. The van der Waals surface area contributed by atoms with Crippen LogP contribution in [0.4, 0.5) is 0 Å². The van der Waals surface area contributed by atoms with Crippen molar-refractivity contribution in [3.8, 4) is 11.3 Å². The van der Waals surface area contributed by atoms with Gasteiger partial charge in [0.25, 0.3) is 0 Å². The number of aryl methyl sites for hydroxylation is 1. The molecule has 0 aliphatic carbocycles. The maximum absolute atomic E-state index is 6.01. The van der Waals surface area contributed by atoms with E-state index < -0.39 is 0 Å². The van der Waals surface area contributed by atoms with Crippen LogP contribution in [0, 0.1) is 6.92 Å². The van der Waals surface area contributed by atoms with E-state index in [4.69, 9.17) is 11.6 Å². The average Bonchev–Trinajstić information content (AvgIpc) is 2.20. The summed E-state index contributed by atoms with van der Waals surface area (Å²) in [6, 6.07) is 7.55. The second-order valence-corrected chi connectivity index (χ2v) is 3.43. The van der Waals surface area contributed by atoms with Gasteiger partial charge < -0.3 is 0 Å². The standard InChI is InChI=1S/C11H9ClN2/c1-8-4-5-9(7-14-8)11-10(12)3-2-6-13-11/h2-7H,1H3. The zero-order valence-electron chi connectivity index (χ0n) is 7.74. The van der Waals surface area contributed by atoms with Crippen molar-refractivity contribution in [2.75, 3.05) is 0 Å². The molecule has 2 rings (SSSR count). The molecule has 0 radical (unpaired) electrons. The van der Waals surface area contributed by atoms with Gasteiger partial charge in [-0.05, 0) is 31.2 Å². The van der Waals surface area contributed by atoms with Crippen molar-refractivity contribution in [3.05, 3.63) is 47.4 Å². The van der Waals surface area contributed by atoms with E-state index >= 15 is 0 Å². The van der Waals surface area contributed by atoms with Gasteiger partial charge in [0.2, 0.25) is 0 Å². The molecule has 0 saturated heterocycles. The third-order valence-corrected chi connectivity index (χ3v) is 2.25. The van der Waals surface area contributed by atoms with Crippen LogP contribution in [-0.4, -0.2) is 9.97 Å². The van der Waals surface area contributed by atoms with Crippen LogP contribution in [-0.2, 0) is 0 Å². The second kappa shape index (κ2) is 3.76. The highest BCUT2D eigenvalue weighted by Gasteiger charge is 2.03. The van der Waals surface area contributed by atoms with Gasteiger partial charge in [-0.2, -0.15) is 0 Å². The molecule has 2 aromatic rings. The van der Waals surface area contributed by atoms with Crippen LogP contribution < -0.4 is 0 Å². The summed E-state index contributed by atoms with van der Waals surface area (Å²) in [4.78, 5) is 8.40. The molecule has 0 unspecified atom stereocenters. The highest BCUT2D eigenvalue weighted by Crippen LogP contribution is 2.23. The summed E-state index contributed by atoms with van der Waals surface area (Å²) >= 11 is 6.01. The van der Waals surface area contributed by atoms with Crippen LogP contribution in [0.1, 0.15) is 5.69 Å². The van der Waals surface area contributed by atoms with E-state index in [2.05, 4.69) is 9.97 Å². The van der Waals surface area contributed by atoms with Crippen molar-refractivity contribution >= 4 is 11.6 Å². The SMILES string of the molecule is Cc1ccc(-c2ncccc2Cl)cn1. The van der Waals surface area contributed by atoms with Gasteiger partial charge in [-0.3, -0.25) is 9.97 Å². The van der Waals surface area contributed by atoms with Gasteiger partial charge in [-0.15, -0.1) is 0 Å². The molecule has 0 bridgehead atoms. The predicted octanol–water partition coefficient (Wildman–Crippen LogP) is 3.11. The quantitative estimate of drug-likeness (QED) is 0.714. The molecule has 2 nitrogen and oxygen atoms in total. The fourth-order valence-corrected chi connectivity index (χ4v) is 1.44. The second-order valence-electron chi connectivity index (χ2n) is 3.02. The molecule has 2 heterocycles. The minimum absolute atomic E-state index is 0.651. The minimum atomic E-state index is 0.651. The number of hydrogen-bond donors (Lipinski definition) is 0. The number of rotatable bonds is 1. The Morgan fingerprint density at radius 3 is 2.64 bits per heavy atom. The first-order valence-corrected chi connectivity index (χ1v) is 4.69. The molecular formula is C11H9ClN2. The Labute approximate surface area is 87.6 Å². The Kier molecular flexibility index (Phi) is 2.46. The molecule has 0 fully saturated rings. The van der Waals surface area contributed by atoms with Crippen LogP contribution in [0.25, 0.3) is 11.3 Å². The van der Waals surface area contributed by atoms with Gasteiger partial charge in [0.05, 0.1) is 10.7 Å². The normalized spacial score (nSPS) is 10.1. The Morgan fingerprint density at radius 2 is 2.00 bits per heavy atom. The lowest BCUT2D eigenvalue weighted by Crippen LogP contribution is -1.86. The summed E-state index contributed by atoms with van der Waals surface area (Å²) in [7, 11) is 0. The molecule has 0 spiro atoms. The van der Waals surface area contributed by atoms with E-state index in [-0.39, 0.29) is 0 Å². The minimum Gasteiger partial charge on any atom is -0.261 e. The van der Waals surface area contributed by atoms with Gasteiger partial charge in [-0.25, -0.2) is 0 Å². The predicted molar refractivity (Wildman–Crippen MR) is 57.2 cm³/mol. The molecular weight excluding hydrogens is 196 g/mol. The third kappa shape index (κ3) is 1.75. The number of pyridine rings is 2. The zero-order chi connectivity index (χ0) is 9.97. The molecule has 0 amide bonds. The summed E-state index contributed by atoms with van der Waals surface area (Å²) in [5.41, 5.74) is 2.71. The topological polar surface area (TPSA) is 25.8 Å². The van der Waals surface area contributed by atoms with Crippen LogP contribution in [0.2, 0.25) is 5.02 Å². The molecule has 3 heteroatoms. The van der Waals surface area contributed by atoms with E-state index in [0.717, 1.165) is 17.0 Å². The molecule has 0 atom stereocenters. The molecule has 0 aliphatic heterocycles. The summed E-state index contributed by atoms with van der Waals surface area (Å²) in [6.45, 7) is 1.95. The van der Waals surface area contributed by atoms with Crippen LogP contribution in [0.15, 0.2) is 36.7 Å². The monoisotopic (exact) mass is 204 g/mol. The summed E-state index contributed by atoms with van der Waals surface area (Å²) < 4.78 is 0. The van der Waals surface area contributed by atoms with Crippen molar-refractivity contribution in [3.63, 3.8) is 0 Å². The maximum atomic E-state index is 6.01. The Morgan fingerprint density at radius 1 is 1.14 bits per heavy atom. The van der Waals surface area contributed by atoms with Gasteiger partial charge in [0, 0.05) is 23.7 Å². The van der Waals surface area contributed by atoms with Gasteiger partial charge >= 0.3 is 0 Å². The first-order valence-electron chi connectivity index (χ1n) is 4.31. The fourth-order valence-electron chi connectivity index (χ4n) is 1.21.